The van der Waals surface area contributed by atoms with Crippen LogP contribution in [-0.4, -0.2) is 37.2 Å². The number of ether oxygens (including phenoxy) is 3. The molecular weight excluding hydrogens is 817 g/mol. The highest BCUT2D eigenvalue weighted by Gasteiger charge is 2.19. The molecule has 66 heavy (non-hydrogen) atoms. The highest BCUT2D eigenvalue weighted by molar-refractivity contribution is 5.71. The van der Waals surface area contributed by atoms with Crippen molar-refractivity contribution in [3.63, 3.8) is 0 Å². The van der Waals surface area contributed by atoms with Crippen LogP contribution in [0.3, 0.4) is 0 Å². The monoisotopic (exact) mass is 925 g/mol. The van der Waals surface area contributed by atoms with E-state index in [1.165, 1.54) is 161 Å². The Labute approximate surface area is 409 Å². The molecule has 0 saturated carbocycles. The molecule has 0 aliphatic heterocycles. The Morgan fingerprint density at radius 2 is 0.606 bits per heavy atom. The van der Waals surface area contributed by atoms with Gasteiger partial charge in [0.05, 0.1) is 0 Å². The molecule has 0 N–H and O–H groups in total. The zero-order valence-corrected chi connectivity index (χ0v) is 44.0. The van der Waals surface area contributed by atoms with Gasteiger partial charge in [0.15, 0.2) is 6.10 Å². The third-order valence-corrected chi connectivity index (χ3v) is 12.6. The molecule has 384 valence electrons. The number of allylic oxidation sites excluding steroid dienone is 8. The third-order valence-electron chi connectivity index (χ3n) is 12.6. The van der Waals surface area contributed by atoms with Gasteiger partial charge in [0.2, 0.25) is 0 Å². The zero-order valence-electron chi connectivity index (χ0n) is 44.0. The molecule has 6 heteroatoms. The Balaban J connectivity index is 4.34. The molecule has 0 rings (SSSR count). The van der Waals surface area contributed by atoms with Gasteiger partial charge in [0.1, 0.15) is 13.2 Å². The fourth-order valence-electron chi connectivity index (χ4n) is 8.32. The minimum Gasteiger partial charge on any atom is -0.462 e. The number of unbranched alkanes of at least 4 members (excludes halogenated alkanes) is 35. The maximum atomic E-state index is 12.8. The molecule has 1 atom stereocenters. The standard InChI is InChI=1S/C60H108O6/c1-4-7-10-13-16-19-22-25-27-29-30-31-33-35-38-41-44-47-50-53-59(62)65-56-57(55-64-58(61)52-49-46-43-40-37-34-24-21-18-15-12-9-6-3)66-60(63)54-51-48-45-42-39-36-32-28-26-23-20-17-14-11-8-5-2/h9,12,15,18,21,24,28,32,57H,4-8,10-11,13-14,16-17,19-20,22-23,25-27,29-31,33-56H2,1-3H3/b12-9+,18-15+,24-21+,32-28+. The molecule has 0 heterocycles. The summed E-state index contributed by atoms with van der Waals surface area (Å²) in [4.78, 5) is 38.1. The maximum Gasteiger partial charge on any atom is 0.306 e. The zero-order chi connectivity index (χ0) is 47.9. The number of rotatable bonds is 52. The van der Waals surface area contributed by atoms with Crippen LogP contribution in [0.1, 0.15) is 297 Å². The van der Waals surface area contributed by atoms with Gasteiger partial charge in [-0.1, -0.05) is 262 Å². The second-order valence-corrected chi connectivity index (χ2v) is 19.2. The number of hydrogen-bond donors (Lipinski definition) is 0. The van der Waals surface area contributed by atoms with Crippen molar-refractivity contribution in [3.8, 4) is 0 Å². The minimum atomic E-state index is -0.783. The summed E-state index contributed by atoms with van der Waals surface area (Å²) in [6.45, 7) is 6.52. The first-order valence-electron chi connectivity index (χ1n) is 28.7. The van der Waals surface area contributed by atoms with Gasteiger partial charge in [-0.3, -0.25) is 14.4 Å². The lowest BCUT2D eigenvalue weighted by molar-refractivity contribution is -0.167. The minimum absolute atomic E-state index is 0.0802. The summed E-state index contributed by atoms with van der Waals surface area (Å²) >= 11 is 0. The van der Waals surface area contributed by atoms with Crippen LogP contribution in [0.25, 0.3) is 0 Å². The summed E-state index contributed by atoms with van der Waals surface area (Å²) in [7, 11) is 0. The SMILES string of the molecule is CC/C=C/C=C/C=C/CCCCCCCC(=O)OCC(COC(=O)CCCCCCCCCCCCCCCCCCCCC)OC(=O)CCCCCCC/C=C/CCCCCCCCC. The van der Waals surface area contributed by atoms with Crippen LogP contribution in [0.4, 0.5) is 0 Å². The summed E-state index contributed by atoms with van der Waals surface area (Å²) in [6.07, 6.45) is 66.8. The maximum absolute atomic E-state index is 12.8. The van der Waals surface area contributed by atoms with E-state index in [2.05, 4.69) is 69.4 Å². The lowest BCUT2D eigenvalue weighted by Crippen LogP contribution is -2.30. The highest BCUT2D eigenvalue weighted by Crippen LogP contribution is 2.16. The van der Waals surface area contributed by atoms with Crippen LogP contribution in [0.5, 0.6) is 0 Å². The van der Waals surface area contributed by atoms with Crippen molar-refractivity contribution in [3.05, 3.63) is 48.6 Å². The van der Waals surface area contributed by atoms with Crippen LogP contribution in [0.15, 0.2) is 48.6 Å². The van der Waals surface area contributed by atoms with Crippen molar-refractivity contribution in [2.45, 2.75) is 303 Å². The largest absolute Gasteiger partial charge is 0.462 e. The summed E-state index contributed by atoms with van der Waals surface area (Å²) in [6, 6.07) is 0. The molecule has 0 aliphatic carbocycles. The molecule has 0 aromatic carbocycles. The average molecular weight is 926 g/mol. The first-order chi connectivity index (χ1) is 32.5. The van der Waals surface area contributed by atoms with E-state index < -0.39 is 6.10 Å². The van der Waals surface area contributed by atoms with Crippen molar-refractivity contribution in [1.82, 2.24) is 0 Å². The smallest absolute Gasteiger partial charge is 0.306 e. The van der Waals surface area contributed by atoms with E-state index in [0.29, 0.717) is 19.3 Å². The number of carbonyl (C=O) groups is 3. The fraction of sp³-hybridized carbons (Fsp3) is 0.817. The first kappa shape index (κ1) is 63.4. The molecule has 0 bridgehead atoms. The van der Waals surface area contributed by atoms with Gasteiger partial charge in [-0.15, -0.1) is 0 Å². The van der Waals surface area contributed by atoms with Gasteiger partial charge in [-0.25, -0.2) is 0 Å². The quantitative estimate of drug-likeness (QED) is 0.0199. The molecule has 0 fully saturated rings. The number of hydrogen-bond acceptors (Lipinski definition) is 6. The molecular formula is C60H108O6. The summed E-state index contributed by atoms with van der Waals surface area (Å²) in [5.41, 5.74) is 0. The number of esters is 3. The fourth-order valence-corrected chi connectivity index (χ4v) is 8.32. The van der Waals surface area contributed by atoms with E-state index >= 15 is 0 Å². The van der Waals surface area contributed by atoms with Crippen LogP contribution < -0.4 is 0 Å². The van der Waals surface area contributed by atoms with Gasteiger partial charge < -0.3 is 14.2 Å². The van der Waals surface area contributed by atoms with Crippen molar-refractivity contribution >= 4 is 17.9 Å². The van der Waals surface area contributed by atoms with E-state index in [0.717, 1.165) is 96.3 Å². The second kappa shape index (κ2) is 55.0. The average Bonchev–Trinajstić information content (AvgIpc) is 3.31. The molecule has 0 amide bonds. The van der Waals surface area contributed by atoms with E-state index in [4.69, 9.17) is 14.2 Å². The topological polar surface area (TPSA) is 78.9 Å². The van der Waals surface area contributed by atoms with Crippen molar-refractivity contribution < 1.29 is 28.6 Å². The Morgan fingerprint density at radius 3 is 0.955 bits per heavy atom. The molecule has 0 aliphatic rings. The second-order valence-electron chi connectivity index (χ2n) is 19.2. The summed E-state index contributed by atoms with van der Waals surface area (Å²) in [5, 5.41) is 0. The Morgan fingerprint density at radius 1 is 0.318 bits per heavy atom. The van der Waals surface area contributed by atoms with Crippen molar-refractivity contribution in [2.75, 3.05) is 13.2 Å². The van der Waals surface area contributed by atoms with Crippen LogP contribution in [-0.2, 0) is 28.6 Å². The normalized spacial score (nSPS) is 12.3. The van der Waals surface area contributed by atoms with Crippen LogP contribution in [0, 0.1) is 0 Å². The Kier molecular flexibility index (Phi) is 52.8. The lowest BCUT2D eigenvalue weighted by Gasteiger charge is -2.18. The van der Waals surface area contributed by atoms with Gasteiger partial charge in [0, 0.05) is 19.3 Å². The van der Waals surface area contributed by atoms with E-state index in [1.54, 1.807) is 0 Å². The predicted molar refractivity (Wildman–Crippen MR) is 284 cm³/mol. The van der Waals surface area contributed by atoms with E-state index in [1.807, 2.05) is 0 Å². The molecule has 0 radical (unpaired) electrons. The van der Waals surface area contributed by atoms with Gasteiger partial charge in [-0.05, 0) is 64.2 Å². The summed E-state index contributed by atoms with van der Waals surface area (Å²) in [5.74, 6) is -0.896. The van der Waals surface area contributed by atoms with Gasteiger partial charge >= 0.3 is 17.9 Å². The van der Waals surface area contributed by atoms with Gasteiger partial charge in [-0.2, -0.15) is 0 Å². The molecule has 0 aromatic rings. The third kappa shape index (κ3) is 52.3. The molecule has 0 aromatic heterocycles. The van der Waals surface area contributed by atoms with Crippen LogP contribution in [0.2, 0.25) is 0 Å². The predicted octanol–water partition coefficient (Wildman–Crippen LogP) is 19.0. The lowest BCUT2D eigenvalue weighted by atomic mass is 10.0. The van der Waals surface area contributed by atoms with Crippen LogP contribution >= 0.6 is 0 Å². The van der Waals surface area contributed by atoms with Crippen molar-refractivity contribution in [1.29, 1.82) is 0 Å². The van der Waals surface area contributed by atoms with Gasteiger partial charge in [0.25, 0.3) is 0 Å². The first-order valence-corrected chi connectivity index (χ1v) is 28.7. The number of carbonyl (C=O) groups excluding carboxylic acids is 3. The molecule has 0 saturated heterocycles. The van der Waals surface area contributed by atoms with E-state index in [-0.39, 0.29) is 31.1 Å². The molecule has 0 spiro atoms. The van der Waals surface area contributed by atoms with Crippen molar-refractivity contribution in [2.24, 2.45) is 0 Å². The molecule has 1 unspecified atom stereocenters. The molecule has 6 nitrogen and oxygen atoms in total. The Bertz CT molecular complexity index is 1150. The Hall–Kier alpha value is -2.63. The summed E-state index contributed by atoms with van der Waals surface area (Å²) < 4.78 is 16.8. The van der Waals surface area contributed by atoms with E-state index in [9.17, 15) is 14.4 Å². The highest BCUT2D eigenvalue weighted by atomic mass is 16.6.